The van der Waals surface area contributed by atoms with Crippen molar-refractivity contribution in [3.8, 4) is 0 Å². The average Bonchev–Trinajstić information content (AvgIpc) is 2.89. The van der Waals surface area contributed by atoms with Gasteiger partial charge >= 0.3 is 0 Å². The Morgan fingerprint density at radius 2 is 1.68 bits per heavy atom. The maximum absolute atomic E-state index is 13.4. The predicted octanol–water partition coefficient (Wildman–Crippen LogP) is 4.24. The van der Waals surface area contributed by atoms with Crippen molar-refractivity contribution in [2.75, 3.05) is 32.7 Å². The number of likely N-dealkylation sites (tertiary alicyclic amines) is 2. The molecule has 8 heteroatoms. The highest BCUT2D eigenvalue weighted by atomic mass is 35.5. The van der Waals surface area contributed by atoms with Crippen molar-refractivity contribution in [3.05, 3.63) is 35.4 Å². The van der Waals surface area contributed by atoms with Crippen molar-refractivity contribution < 1.29 is 14.4 Å². The minimum absolute atomic E-state index is 0. The lowest BCUT2D eigenvalue weighted by molar-refractivity contribution is -0.161. The summed E-state index contributed by atoms with van der Waals surface area (Å²) in [6, 6.07) is 7.62. The number of halogens is 1. The summed E-state index contributed by atoms with van der Waals surface area (Å²) in [7, 11) is 0. The molecule has 0 aromatic heterocycles. The van der Waals surface area contributed by atoms with Crippen LogP contribution in [0.15, 0.2) is 24.3 Å². The van der Waals surface area contributed by atoms with Gasteiger partial charge in [0.15, 0.2) is 0 Å². The van der Waals surface area contributed by atoms with Gasteiger partial charge in [0, 0.05) is 44.8 Å². The van der Waals surface area contributed by atoms with Crippen molar-refractivity contribution in [3.63, 3.8) is 0 Å². The summed E-state index contributed by atoms with van der Waals surface area (Å²) in [4.78, 5) is 45.9. The molecule has 1 atom stereocenters. The molecule has 7 nitrogen and oxygen atoms in total. The van der Waals surface area contributed by atoms with Crippen LogP contribution in [-0.4, -0.2) is 76.7 Å². The zero-order valence-corrected chi connectivity index (χ0v) is 23.7. The molecule has 3 saturated heterocycles. The van der Waals surface area contributed by atoms with E-state index in [0.717, 1.165) is 64.0 Å². The van der Waals surface area contributed by atoms with E-state index in [1.807, 2.05) is 21.9 Å². The normalized spacial score (nSPS) is 22.2. The number of carbonyl (C=O) groups excluding carboxylic acids is 3. The number of nitrogens with one attached hydrogen (secondary N) is 1. The van der Waals surface area contributed by atoms with Crippen molar-refractivity contribution >= 4 is 30.1 Å². The second-order valence-electron chi connectivity index (χ2n) is 11.4. The molecular formula is C29H45ClN4O3. The van der Waals surface area contributed by atoms with E-state index in [9.17, 15) is 14.4 Å². The van der Waals surface area contributed by atoms with Crippen LogP contribution in [0.1, 0.15) is 88.1 Å². The Hall–Kier alpha value is -2.12. The van der Waals surface area contributed by atoms with Gasteiger partial charge in [0.1, 0.15) is 11.6 Å². The fourth-order valence-corrected chi connectivity index (χ4v) is 6.02. The number of nitrogens with zero attached hydrogens (tertiary/aromatic N) is 3. The van der Waals surface area contributed by atoms with Crippen LogP contribution in [-0.2, 0) is 16.1 Å². The Balaban J connectivity index is 0.00000380. The molecule has 0 bridgehead atoms. The van der Waals surface area contributed by atoms with Crippen LogP contribution in [0.2, 0.25) is 0 Å². The minimum atomic E-state index is -0.721. The molecule has 3 heterocycles. The van der Waals surface area contributed by atoms with Gasteiger partial charge in [0.2, 0.25) is 11.8 Å². The largest absolute Gasteiger partial charge is 0.342 e. The lowest BCUT2D eigenvalue weighted by Crippen LogP contribution is -2.73. The van der Waals surface area contributed by atoms with E-state index in [-0.39, 0.29) is 30.1 Å². The van der Waals surface area contributed by atoms with Gasteiger partial charge in [-0.25, -0.2) is 0 Å². The highest BCUT2D eigenvalue weighted by Gasteiger charge is 2.53. The first kappa shape index (κ1) is 29.4. The highest BCUT2D eigenvalue weighted by Crippen LogP contribution is 2.34. The van der Waals surface area contributed by atoms with Gasteiger partial charge < -0.3 is 15.1 Å². The van der Waals surface area contributed by atoms with Crippen LogP contribution in [0.4, 0.5) is 0 Å². The number of hydrogen-bond donors (Lipinski definition) is 1. The molecule has 3 aliphatic rings. The molecule has 0 saturated carbocycles. The third kappa shape index (κ3) is 6.66. The molecule has 206 valence electrons. The zero-order valence-electron chi connectivity index (χ0n) is 22.8. The van der Waals surface area contributed by atoms with Gasteiger partial charge in [-0.2, -0.15) is 0 Å². The first-order chi connectivity index (χ1) is 17.3. The minimum Gasteiger partial charge on any atom is -0.342 e. The summed E-state index contributed by atoms with van der Waals surface area (Å²) in [6.07, 6.45) is 7.33. The van der Waals surface area contributed by atoms with Gasteiger partial charge in [0.05, 0.1) is 0 Å². The zero-order chi connectivity index (χ0) is 25.7. The van der Waals surface area contributed by atoms with E-state index in [1.165, 1.54) is 12.0 Å². The van der Waals surface area contributed by atoms with Crippen LogP contribution < -0.4 is 5.32 Å². The third-order valence-electron chi connectivity index (χ3n) is 8.18. The summed E-state index contributed by atoms with van der Waals surface area (Å²) in [5.41, 5.74) is 1.21. The quantitative estimate of drug-likeness (QED) is 0.543. The maximum atomic E-state index is 13.4. The SMILES string of the molecule is CCCCN1C(=O)[C@H](CC(C)C)NC(=O)C12CCN(Cc1ccc(C(=O)N3CCCCC3)cc1)CC2.Cl. The molecule has 1 aromatic rings. The molecule has 0 aliphatic carbocycles. The van der Waals surface area contributed by atoms with Crippen molar-refractivity contribution in [2.45, 2.75) is 90.3 Å². The molecule has 1 spiro atoms. The first-order valence-electron chi connectivity index (χ1n) is 14.1. The number of hydrogen-bond acceptors (Lipinski definition) is 4. The van der Waals surface area contributed by atoms with E-state index < -0.39 is 11.6 Å². The van der Waals surface area contributed by atoms with Crippen molar-refractivity contribution in [1.29, 1.82) is 0 Å². The van der Waals surface area contributed by atoms with Crippen LogP contribution in [0.5, 0.6) is 0 Å². The molecule has 3 aliphatic heterocycles. The lowest BCUT2D eigenvalue weighted by atomic mass is 9.80. The molecular weight excluding hydrogens is 488 g/mol. The molecule has 4 rings (SSSR count). The number of piperidine rings is 2. The van der Waals surface area contributed by atoms with Crippen LogP contribution in [0.3, 0.4) is 0 Å². The molecule has 3 fully saturated rings. The first-order valence-corrected chi connectivity index (χ1v) is 14.1. The number of amides is 3. The van der Waals surface area contributed by atoms with Gasteiger partial charge in [-0.05, 0) is 68.6 Å². The Bertz CT molecular complexity index is 922. The van der Waals surface area contributed by atoms with E-state index in [2.05, 4.69) is 43.1 Å². The summed E-state index contributed by atoms with van der Waals surface area (Å²) >= 11 is 0. The fourth-order valence-electron chi connectivity index (χ4n) is 6.02. The van der Waals surface area contributed by atoms with Crippen molar-refractivity contribution in [2.24, 2.45) is 5.92 Å². The standard InChI is InChI=1S/C29H44N4O3.ClH/c1-4-5-17-33-27(35)25(20-22(2)3)30-28(36)29(33)13-18-31(19-14-29)21-23-9-11-24(12-10-23)26(34)32-15-7-6-8-16-32;/h9-12,22,25H,4-8,13-21H2,1-3H3,(H,30,36);1H/t25-;/m0./s1. The number of piperazine rings is 1. The Morgan fingerprint density at radius 1 is 1.03 bits per heavy atom. The molecule has 0 radical (unpaired) electrons. The van der Waals surface area contributed by atoms with E-state index in [1.54, 1.807) is 0 Å². The number of unbranched alkanes of at least 4 members (excludes halogenated alkanes) is 1. The van der Waals surface area contributed by atoms with Crippen molar-refractivity contribution in [1.82, 2.24) is 20.0 Å². The topological polar surface area (TPSA) is 73.0 Å². The average molecular weight is 533 g/mol. The lowest BCUT2D eigenvalue weighted by Gasteiger charge is -2.52. The van der Waals surface area contributed by atoms with E-state index >= 15 is 0 Å². The van der Waals surface area contributed by atoms with Gasteiger partial charge in [0.25, 0.3) is 5.91 Å². The summed E-state index contributed by atoms with van der Waals surface area (Å²) < 4.78 is 0. The Kier molecular flexibility index (Phi) is 10.4. The molecule has 1 N–H and O–H groups in total. The Morgan fingerprint density at radius 3 is 2.27 bits per heavy atom. The second-order valence-corrected chi connectivity index (χ2v) is 11.4. The van der Waals surface area contributed by atoms with E-state index in [4.69, 9.17) is 0 Å². The summed E-state index contributed by atoms with van der Waals surface area (Å²) in [6.45, 7) is 11.0. The fraction of sp³-hybridized carbons (Fsp3) is 0.690. The molecule has 37 heavy (non-hydrogen) atoms. The molecule has 3 amide bonds. The van der Waals surface area contributed by atoms with Crippen LogP contribution >= 0.6 is 12.4 Å². The van der Waals surface area contributed by atoms with Crippen LogP contribution in [0.25, 0.3) is 0 Å². The van der Waals surface area contributed by atoms with Gasteiger partial charge in [-0.1, -0.05) is 39.3 Å². The number of rotatable bonds is 8. The summed E-state index contributed by atoms with van der Waals surface area (Å²) in [5, 5.41) is 3.09. The van der Waals surface area contributed by atoms with Crippen LogP contribution in [0, 0.1) is 5.92 Å². The number of carbonyl (C=O) groups is 3. The van der Waals surface area contributed by atoms with E-state index in [0.29, 0.717) is 31.7 Å². The highest BCUT2D eigenvalue weighted by molar-refractivity contribution is 6.00. The van der Waals surface area contributed by atoms with Gasteiger partial charge in [-0.3, -0.25) is 19.3 Å². The predicted molar refractivity (Wildman–Crippen MR) is 149 cm³/mol. The molecule has 1 aromatic carbocycles. The monoisotopic (exact) mass is 532 g/mol. The number of benzene rings is 1. The summed E-state index contributed by atoms with van der Waals surface area (Å²) in [5.74, 6) is 0.616. The van der Waals surface area contributed by atoms with Gasteiger partial charge in [-0.15, -0.1) is 12.4 Å². The second kappa shape index (κ2) is 13.1. The third-order valence-corrected chi connectivity index (χ3v) is 8.18. The smallest absolute Gasteiger partial charge is 0.253 e. The maximum Gasteiger partial charge on any atom is 0.253 e. The Labute approximate surface area is 228 Å². The molecule has 0 unspecified atom stereocenters.